The van der Waals surface area contributed by atoms with Gasteiger partial charge in [0.15, 0.2) is 0 Å². The SMILES string of the molecule is NCCCC(=O)N1CCN(c2ncccn2)CC1. The number of nitrogens with zero attached hydrogens (tertiary/aromatic N) is 4. The van der Waals surface area contributed by atoms with Crippen LogP contribution in [0.5, 0.6) is 0 Å². The summed E-state index contributed by atoms with van der Waals surface area (Å²) >= 11 is 0. The van der Waals surface area contributed by atoms with Crippen molar-refractivity contribution in [2.24, 2.45) is 5.73 Å². The van der Waals surface area contributed by atoms with Crippen LogP contribution in [0.25, 0.3) is 0 Å². The molecule has 1 fully saturated rings. The second kappa shape index (κ2) is 6.30. The number of amides is 1. The molecule has 2 rings (SSSR count). The first-order chi connectivity index (χ1) is 8.81. The first kappa shape index (κ1) is 12.8. The molecule has 0 spiro atoms. The summed E-state index contributed by atoms with van der Waals surface area (Å²) in [5.74, 6) is 0.945. The normalized spacial score (nSPS) is 15.8. The lowest BCUT2D eigenvalue weighted by atomic mass is 10.2. The van der Waals surface area contributed by atoms with Gasteiger partial charge in [0, 0.05) is 45.0 Å². The van der Waals surface area contributed by atoms with Crippen LogP contribution in [0.15, 0.2) is 18.5 Å². The zero-order chi connectivity index (χ0) is 12.8. The number of piperazine rings is 1. The van der Waals surface area contributed by atoms with Crippen molar-refractivity contribution in [3.8, 4) is 0 Å². The van der Waals surface area contributed by atoms with Gasteiger partial charge in [0.05, 0.1) is 0 Å². The Labute approximate surface area is 107 Å². The van der Waals surface area contributed by atoms with Crippen molar-refractivity contribution in [3.05, 3.63) is 18.5 Å². The zero-order valence-corrected chi connectivity index (χ0v) is 10.5. The topological polar surface area (TPSA) is 75.4 Å². The van der Waals surface area contributed by atoms with Crippen molar-refractivity contribution < 1.29 is 4.79 Å². The van der Waals surface area contributed by atoms with E-state index in [-0.39, 0.29) is 5.91 Å². The fourth-order valence-electron chi connectivity index (χ4n) is 2.02. The van der Waals surface area contributed by atoms with Crippen molar-refractivity contribution >= 4 is 11.9 Å². The molecule has 0 aromatic carbocycles. The maximum Gasteiger partial charge on any atom is 0.225 e. The van der Waals surface area contributed by atoms with Crippen LogP contribution in [-0.4, -0.2) is 53.5 Å². The molecular formula is C12H19N5O. The van der Waals surface area contributed by atoms with Gasteiger partial charge < -0.3 is 15.5 Å². The Morgan fingerprint density at radius 1 is 1.22 bits per heavy atom. The molecule has 1 aliphatic rings. The lowest BCUT2D eigenvalue weighted by molar-refractivity contribution is -0.131. The van der Waals surface area contributed by atoms with Gasteiger partial charge in [-0.2, -0.15) is 0 Å². The summed E-state index contributed by atoms with van der Waals surface area (Å²) in [6, 6.07) is 1.80. The third kappa shape index (κ3) is 3.16. The molecule has 18 heavy (non-hydrogen) atoms. The molecule has 0 atom stereocenters. The summed E-state index contributed by atoms with van der Waals surface area (Å²) in [5, 5.41) is 0. The van der Waals surface area contributed by atoms with Gasteiger partial charge in [0.2, 0.25) is 11.9 Å². The number of carbonyl (C=O) groups excluding carboxylic acids is 1. The van der Waals surface area contributed by atoms with Crippen molar-refractivity contribution in [2.75, 3.05) is 37.6 Å². The van der Waals surface area contributed by atoms with Crippen molar-refractivity contribution in [2.45, 2.75) is 12.8 Å². The molecule has 0 aliphatic carbocycles. The van der Waals surface area contributed by atoms with Gasteiger partial charge in [-0.1, -0.05) is 0 Å². The molecule has 0 unspecified atom stereocenters. The standard InChI is InChI=1S/C12H19N5O/c13-4-1-3-11(18)16-7-9-17(10-8-16)12-14-5-2-6-15-12/h2,5-6H,1,3-4,7-10,13H2. The van der Waals surface area contributed by atoms with E-state index in [0.717, 1.165) is 38.5 Å². The number of carbonyl (C=O) groups is 1. The van der Waals surface area contributed by atoms with Crippen LogP contribution in [0.1, 0.15) is 12.8 Å². The first-order valence-corrected chi connectivity index (χ1v) is 6.31. The maximum absolute atomic E-state index is 11.8. The van der Waals surface area contributed by atoms with Crippen molar-refractivity contribution in [1.82, 2.24) is 14.9 Å². The van der Waals surface area contributed by atoms with Gasteiger partial charge in [-0.05, 0) is 19.0 Å². The average Bonchev–Trinajstić information content (AvgIpc) is 2.46. The Morgan fingerprint density at radius 3 is 2.50 bits per heavy atom. The quantitative estimate of drug-likeness (QED) is 0.804. The van der Waals surface area contributed by atoms with E-state index in [2.05, 4.69) is 14.9 Å². The van der Waals surface area contributed by atoms with Crippen LogP contribution >= 0.6 is 0 Å². The molecule has 98 valence electrons. The second-order valence-corrected chi connectivity index (χ2v) is 4.31. The Morgan fingerprint density at radius 2 is 1.89 bits per heavy atom. The van der Waals surface area contributed by atoms with Crippen LogP contribution in [0.4, 0.5) is 5.95 Å². The summed E-state index contributed by atoms with van der Waals surface area (Å²) < 4.78 is 0. The van der Waals surface area contributed by atoms with Crippen molar-refractivity contribution in [1.29, 1.82) is 0 Å². The summed E-state index contributed by atoms with van der Waals surface area (Å²) in [7, 11) is 0. The lowest BCUT2D eigenvalue weighted by Gasteiger charge is -2.34. The largest absolute Gasteiger partial charge is 0.339 e. The molecule has 2 heterocycles. The predicted octanol–water partition coefficient (Wildman–Crippen LogP) is -0.136. The Hall–Kier alpha value is -1.69. The lowest BCUT2D eigenvalue weighted by Crippen LogP contribution is -2.49. The van der Waals surface area contributed by atoms with Crippen LogP contribution in [0.3, 0.4) is 0 Å². The number of anilines is 1. The van der Waals surface area contributed by atoms with E-state index < -0.39 is 0 Å². The molecule has 2 N–H and O–H groups in total. The Balaban J connectivity index is 1.83. The highest BCUT2D eigenvalue weighted by Crippen LogP contribution is 2.10. The zero-order valence-electron chi connectivity index (χ0n) is 10.5. The van der Waals surface area contributed by atoms with Gasteiger partial charge in [-0.3, -0.25) is 4.79 Å². The number of aromatic nitrogens is 2. The van der Waals surface area contributed by atoms with Crippen LogP contribution in [-0.2, 0) is 4.79 Å². The number of nitrogens with two attached hydrogens (primary N) is 1. The fourth-order valence-corrected chi connectivity index (χ4v) is 2.02. The summed E-state index contributed by atoms with van der Waals surface area (Å²) in [5.41, 5.74) is 5.41. The summed E-state index contributed by atoms with van der Waals surface area (Å²) in [6.07, 6.45) is 4.79. The highest BCUT2D eigenvalue weighted by molar-refractivity contribution is 5.76. The second-order valence-electron chi connectivity index (χ2n) is 4.31. The number of hydrogen-bond acceptors (Lipinski definition) is 5. The van der Waals surface area contributed by atoms with Gasteiger partial charge >= 0.3 is 0 Å². The molecule has 6 heteroatoms. The smallest absolute Gasteiger partial charge is 0.225 e. The molecule has 1 aliphatic heterocycles. The third-order valence-electron chi connectivity index (χ3n) is 3.06. The molecule has 0 radical (unpaired) electrons. The monoisotopic (exact) mass is 249 g/mol. The van der Waals surface area contributed by atoms with Crippen LogP contribution < -0.4 is 10.6 Å². The van der Waals surface area contributed by atoms with E-state index in [1.807, 2.05) is 4.90 Å². The fraction of sp³-hybridized carbons (Fsp3) is 0.583. The Kier molecular flexibility index (Phi) is 4.46. The van der Waals surface area contributed by atoms with Crippen molar-refractivity contribution in [3.63, 3.8) is 0 Å². The third-order valence-corrected chi connectivity index (χ3v) is 3.06. The van der Waals surface area contributed by atoms with E-state index in [1.54, 1.807) is 18.5 Å². The minimum absolute atomic E-state index is 0.203. The van der Waals surface area contributed by atoms with E-state index in [1.165, 1.54) is 0 Å². The molecule has 1 saturated heterocycles. The molecular weight excluding hydrogens is 230 g/mol. The minimum atomic E-state index is 0.203. The average molecular weight is 249 g/mol. The molecule has 0 saturated carbocycles. The molecule has 1 aromatic rings. The van der Waals surface area contributed by atoms with E-state index >= 15 is 0 Å². The summed E-state index contributed by atoms with van der Waals surface area (Å²) in [6.45, 7) is 3.63. The molecule has 6 nitrogen and oxygen atoms in total. The van der Waals surface area contributed by atoms with Gasteiger partial charge in [0.1, 0.15) is 0 Å². The summed E-state index contributed by atoms with van der Waals surface area (Å²) in [4.78, 5) is 24.3. The number of hydrogen-bond donors (Lipinski definition) is 1. The minimum Gasteiger partial charge on any atom is -0.339 e. The predicted molar refractivity (Wildman–Crippen MR) is 69.1 cm³/mol. The highest BCUT2D eigenvalue weighted by atomic mass is 16.2. The van der Waals surface area contributed by atoms with E-state index in [9.17, 15) is 4.79 Å². The number of rotatable bonds is 4. The maximum atomic E-state index is 11.8. The van der Waals surface area contributed by atoms with Gasteiger partial charge in [0.25, 0.3) is 0 Å². The van der Waals surface area contributed by atoms with Gasteiger partial charge in [-0.15, -0.1) is 0 Å². The molecule has 1 aromatic heterocycles. The van der Waals surface area contributed by atoms with E-state index in [0.29, 0.717) is 13.0 Å². The molecule has 1 amide bonds. The molecule has 0 bridgehead atoms. The highest BCUT2D eigenvalue weighted by Gasteiger charge is 2.21. The van der Waals surface area contributed by atoms with E-state index in [4.69, 9.17) is 5.73 Å². The first-order valence-electron chi connectivity index (χ1n) is 6.31. The Bertz CT molecular complexity index is 375. The van der Waals surface area contributed by atoms with Crippen LogP contribution in [0, 0.1) is 0 Å². The van der Waals surface area contributed by atoms with Gasteiger partial charge in [-0.25, -0.2) is 9.97 Å². The van der Waals surface area contributed by atoms with Crippen LogP contribution in [0.2, 0.25) is 0 Å².